The Bertz CT molecular complexity index is 3130. The average molecular weight is 826 g/mol. The molecule has 0 aliphatic rings. The third-order valence-corrected chi connectivity index (χ3v) is 13.5. The minimum Gasteiger partial charge on any atom is -0.309 e. The first-order valence-electron chi connectivity index (χ1n) is 22.5. The van der Waals surface area contributed by atoms with Crippen molar-refractivity contribution in [2.24, 2.45) is 0 Å². The molecule has 4 nitrogen and oxygen atoms in total. The maximum atomic E-state index is 11.8. The minimum absolute atomic E-state index is 0.0206. The molecule has 7 aromatic carbocycles. The molecule has 0 spiro atoms. The van der Waals surface area contributed by atoms with Crippen molar-refractivity contribution in [3.05, 3.63) is 161 Å². The molecule has 0 fully saturated rings. The van der Waals surface area contributed by atoms with Gasteiger partial charge in [-0.25, -0.2) is 0 Å². The molecule has 10 aromatic rings. The fourth-order valence-corrected chi connectivity index (χ4v) is 9.73. The summed E-state index contributed by atoms with van der Waals surface area (Å²) in [6, 6.07) is 50.0. The van der Waals surface area contributed by atoms with Gasteiger partial charge in [0.1, 0.15) is 6.29 Å². The van der Waals surface area contributed by atoms with Crippen molar-refractivity contribution < 1.29 is 4.79 Å². The zero-order valence-corrected chi connectivity index (χ0v) is 39.0. The molecule has 4 heteroatoms. The molecule has 0 aliphatic heterocycles. The molecule has 0 radical (unpaired) electrons. The van der Waals surface area contributed by atoms with E-state index >= 15 is 0 Å². The quantitative estimate of drug-likeness (QED) is 0.163. The predicted octanol–water partition coefficient (Wildman–Crippen LogP) is 16.0. The fraction of sp³-hybridized carbons (Fsp3) is 0.271. The lowest BCUT2D eigenvalue weighted by atomic mass is 9.85. The van der Waals surface area contributed by atoms with Gasteiger partial charge in [0, 0.05) is 54.9 Å². The van der Waals surface area contributed by atoms with Crippen LogP contribution in [0.1, 0.15) is 116 Å². The number of carbonyl (C=O) groups excluding carboxylic acids is 1. The second kappa shape index (κ2) is 13.8. The second-order valence-corrected chi connectivity index (χ2v) is 22.0. The smallest absolute Gasteiger partial charge is 0.150 e. The lowest BCUT2D eigenvalue weighted by molar-refractivity contribution is 0.112. The number of rotatable bonds is 4. The van der Waals surface area contributed by atoms with Crippen LogP contribution in [0.25, 0.3) is 82.5 Å². The first-order valence-corrected chi connectivity index (χ1v) is 22.5. The van der Waals surface area contributed by atoms with E-state index in [-0.39, 0.29) is 21.7 Å². The van der Waals surface area contributed by atoms with Gasteiger partial charge in [-0.1, -0.05) is 107 Å². The second-order valence-electron chi connectivity index (χ2n) is 22.0. The minimum atomic E-state index is 0.0206. The van der Waals surface area contributed by atoms with E-state index in [0.29, 0.717) is 5.56 Å². The van der Waals surface area contributed by atoms with Gasteiger partial charge in [-0.2, -0.15) is 0 Å². The number of aromatic nitrogens is 3. The van der Waals surface area contributed by atoms with Crippen LogP contribution in [0.15, 0.2) is 133 Å². The van der Waals surface area contributed by atoms with E-state index in [4.69, 9.17) is 0 Å². The summed E-state index contributed by atoms with van der Waals surface area (Å²) in [6.07, 6.45) is 0.912. The summed E-state index contributed by atoms with van der Waals surface area (Å²) in [5, 5.41) is 7.45. The van der Waals surface area contributed by atoms with Gasteiger partial charge in [0.15, 0.2) is 0 Å². The van der Waals surface area contributed by atoms with E-state index in [1.807, 2.05) is 12.1 Å². The maximum Gasteiger partial charge on any atom is 0.150 e. The Hall–Kier alpha value is -6.39. The number of fused-ring (bicyclic) bond motifs is 9. The number of carbonyl (C=O) groups is 1. The SMILES string of the molecule is CC(C)(C)c1ccc2c(c1)c1cc(C(C)(C)C)ccc1n2-c1ccc2c(c1)c1cc(-n3c4ccc(C(C)(C)C)cc4c4cc(C(C)(C)C)ccc43)ccc1n2-c1ccc(C=O)cc1. The number of hydrogen-bond donors (Lipinski definition) is 0. The van der Waals surface area contributed by atoms with E-state index in [1.54, 1.807) is 0 Å². The normalized spacial score (nSPS) is 13.1. The molecule has 0 amide bonds. The molecular weight excluding hydrogens is 767 g/mol. The van der Waals surface area contributed by atoms with Crippen LogP contribution in [0, 0.1) is 0 Å². The number of nitrogens with zero attached hydrogens (tertiary/aromatic N) is 3. The van der Waals surface area contributed by atoms with Gasteiger partial charge in [0.25, 0.3) is 0 Å². The monoisotopic (exact) mass is 825 g/mol. The fourth-order valence-electron chi connectivity index (χ4n) is 9.73. The van der Waals surface area contributed by atoms with Gasteiger partial charge < -0.3 is 13.7 Å². The molecule has 0 bridgehead atoms. The zero-order valence-electron chi connectivity index (χ0n) is 39.0. The summed E-state index contributed by atoms with van der Waals surface area (Å²) in [5.74, 6) is 0. The number of aldehydes is 1. The largest absolute Gasteiger partial charge is 0.309 e. The molecule has 0 N–H and O–H groups in total. The number of hydrogen-bond acceptors (Lipinski definition) is 1. The third-order valence-electron chi connectivity index (χ3n) is 13.5. The van der Waals surface area contributed by atoms with Gasteiger partial charge in [-0.3, -0.25) is 4.79 Å². The highest BCUT2D eigenvalue weighted by Gasteiger charge is 2.24. The van der Waals surface area contributed by atoms with Gasteiger partial charge >= 0.3 is 0 Å². The highest BCUT2D eigenvalue weighted by atomic mass is 16.1. The predicted molar refractivity (Wildman–Crippen MR) is 270 cm³/mol. The topological polar surface area (TPSA) is 31.9 Å². The lowest BCUT2D eigenvalue weighted by Gasteiger charge is -2.19. The summed E-state index contributed by atoms with van der Waals surface area (Å²) >= 11 is 0. The lowest BCUT2D eigenvalue weighted by Crippen LogP contribution is -2.10. The summed E-state index contributed by atoms with van der Waals surface area (Å²) in [5.41, 5.74) is 16.4. The van der Waals surface area contributed by atoms with Gasteiger partial charge in [-0.15, -0.1) is 0 Å². The van der Waals surface area contributed by atoms with E-state index in [2.05, 4.69) is 218 Å². The number of benzene rings is 7. The molecule has 3 aromatic heterocycles. The molecular formula is C59H59N3O. The van der Waals surface area contributed by atoms with Crippen LogP contribution in [-0.2, 0) is 21.7 Å². The van der Waals surface area contributed by atoms with Crippen molar-refractivity contribution >= 4 is 71.7 Å². The molecule has 10 rings (SSSR count). The zero-order chi connectivity index (χ0) is 44.5. The Balaban J connectivity index is 1.27. The summed E-state index contributed by atoms with van der Waals surface area (Å²) in [7, 11) is 0. The van der Waals surface area contributed by atoms with Gasteiger partial charge in [-0.05, 0) is 153 Å². The van der Waals surface area contributed by atoms with Crippen molar-refractivity contribution in [3.63, 3.8) is 0 Å². The highest BCUT2D eigenvalue weighted by Crippen LogP contribution is 2.42. The van der Waals surface area contributed by atoms with Crippen molar-refractivity contribution in [3.8, 4) is 17.1 Å². The molecule has 316 valence electrons. The Kier molecular flexibility index (Phi) is 8.91. The van der Waals surface area contributed by atoms with Crippen molar-refractivity contribution in [1.29, 1.82) is 0 Å². The van der Waals surface area contributed by atoms with Crippen molar-refractivity contribution in [2.45, 2.75) is 105 Å². The molecule has 3 heterocycles. The molecule has 0 unspecified atom stereocenters. The first kappa shape index (κ1) is 40.7. The van der Waals surface area contributed by atoms with Crippen LogP contribution in [0.2, 0.25) is 0 Å². The van der Waals surface area contributed by atoms with E-state index in [0.717, 1.165) is 34.4 Å². The summed E-state index contributed by atoms with van der Waals surface area (Å²) < 4.78 is 7.27. The van der Waals surface area contributed by atoms with Crippen molar-refractivity contribution in [2.75, 3.05) is 0 Å². The van der Waals surface area contributed by atoms with Crippen LogP contribution < -0.4 is 0 Å². The highest BCUT2D eigenvalue weighted by molar-refractivity contribution is 6.14. The molecule has 0 saturated heterocycles. The standard InChI is InChI=1S/C59H59N3O/c1-56(2,3)37-15-23-50-44(29-37)45-30-38(57(4,5)6)16-24-51(45)61(50)42-21-27-54-48(33-42)49-34-43(22-28-55(49)60(54)41-19-13-36(35-63)14-20-41)62-52-25-17-39(58(7,8)9)31-46(52)47-32-40(59(10,11)12)18-26-53(47)62/h13-35H,1-12H3. The Morgan fingerprint density at radius 1 is 0.302 bits per heavy atom. The Morgan fingerprint density at radius 2 is 0.540 bits per heavy atom. The molecule has 0 atom stereocenters. The first-order chi connectivity index (χ1) is 29.7. The van der Waals surface area contributed by atoms with Crippen LogP contribution in [0.3, 0.4) is 0 Å². The average Bonchev–Trinajstić information content (AvgIpc) is 3.86. The van der Waals surface area contributed by atoms with Gasteiger partial charge in [0.05, 0.1) is 33.1 Å². The van der Waals surface area contributed by atoms with Crippen LogP contribution in [-0.4, -0.2) is 20.0 Å². The summed E-state index contributed by atoms with van der Waals surface area (Å²) in [4.78, 5) is 11.8. The molecule has 0 saturated carbocycles. The Labute approximate surface area is 371 Å². The van der Waals surface area contributed by atoms with E-state index in [1.165, 1.54) is 76.6 Å². The Morgan fingerprint density at radius 3 is 0.810 bits per heavy atom. The summed E-state index contributed by atoms with van der Waals surface area (Å²) in [6.45, 7) is 27.5. The van der Waals surface area contributed by atoms with E-state index < -0.39 is 0 Å². The molecule has 0 aliphatic carbocycles. The van der Waals surface area contributed by atoms with Crippen LogP contribution in [0.5, 0.6) is 0 Å². The van der Waals surface area contributed by atoms with Crippen LogP contribution in [0.4, 0.5) is 0 Å². The maximum absolute atomic E-state index is 11.8. The third kappa shape index (κ3) is 6.60. The van der Waals surface area contributed by atoms with E-state index in [9.17, 15) is 4.79 Å². The molecule has 63 heavy (non-hydrogen) atoms. The van der Waals surface area contributed by atoms with Crippen LogP contribution >= 0.6 is 0 Å². The van der Waals surface area contributed by atoms with Gasteiger partial charge in [0.2, 0.25) is 0 Å². The van der Waals surface area contributed by atoms with Crippen molar-refractivity contribution in [1.82, 2.24) is 13.7 Å².